The van der Waals surface area contributed by atoms with Crippen molar-refractivity contribution >= 4 is 27.5 Å². The van der Waals surface area contributed by atoms with Crippen molar-refractivity contribution in [1.82, 2.24) is 5.32 Å². The van der Waals surface area contributed by atoms with Crippen LogP contribution in [0, 0.1) is 11.7 Å². The van der Waals surface area contributed by atoms with E-state index in [-0.39, 0.29) is 5.82 Å². The molecule has 1 heterocycles. The molecule has 0 unspecified atom stereocenters. The summed E-state index contributed by atoms with van der Waals surface area (Å²) in [5.74, 6) is 1.17. The number of nitrogens with one attached hydrogen (secondary N) is 1. The lowest BCUT2D eigenvalue weighted by Gasteiger charge is -2.32. The lowest BCUT2D eigenvalue weighted by atomic mass is 9.81. The smallest absolute Gasteiger partial charge is 0.139 e. The molecule has 0 saturated carbocycles. The molecule has 23 heavy (non-hydrogen) atoms. The average Bonchev–Trinajstić information content (AvgIpc) is 2.57. The Morgan fingerprint density at radius 2 is 2.00 bits per heavy atom. The minimum absolute atomic E-state index is 0.198. The minimum Gasteiger partial charge on any atom is -0.492 e. The molecule has 0 amide bonds. The van der Waals surface area contributed by atoms with Crippen molar-refractivity contribution in [2.45, 2.75) is 12.3 Å². The average molecular weight is 399 g/mol. The molecule has 0 spiro atoms. The van der Waals surface area contributed by atoms with Crippen LogP contribution in [0.4, 0.5) is 4.39 Å². The van der Waals surface area contributed by atoms with E-state index in [1.807, 2.05) is 30.3 Å². The maximum absolute atomic E-state index is 13.1. The molecular weight excluding hydrogens is 381 g/mol. The molecule has 0 radical (unpaired) electrons. The van der Waals surface area contributed by atoms with Gasteiger partial charge in [-0.1, -0.05) is 39.7 Å². The Bertz CT molecular complexity index is 665. The molecule has 3 rings (SSSR count). The van der Waals surface area contributed by atoms with Gasteiger partial charge in [-0.05, 0) is 54.8 Å². The van der Waals surface area contributed by atoms with Gasteiger partial charge in [0.05, 0.1) is 11.6 Å². The van der Waals surface area contributed by atoms with Gasteiger partial charge in [0.2, 0.25) is 0 Å². The van der Waals surface area contributed by atoms with E-state index in [2.05, 4.69) is 21.2 Å². The molecule has 1 aliphatic rings. The van der Waals surface area contributed by atoms with Crippen LogP contribution in [0.3, 0.4) is 0 Å². The first-order valence-electron chi connectivity index (χ1n) is 7.67. The highest BCUT2D eigenvalue weighted by Gasteiger charge is 2.27. The van der Waals surface area contributed by atoms with Crippen LogP contribution < -0.4 is 10.1 Å². The maximum Gasteiger partial charge on any atom is 0.139 e. The van der Waals surface area contributed by atoms with Crippen molar-refractivity contribution in [3.8, 4) is 5.75 Å². The fourth-order valence-corrected chi connectivity index (χ4v) is 3.54. The normalized spacial score (nSPS) is 21.2. The van der Waals surface area contributed by atoms with Crippen molar-refractivity contribution in [3.63, 3.8) is 0 Å². The monoisotopic (exact) mass is 397 g/mol. The first-order chi connectivity index (χ1) is 11.1. The van der Waals surface area contributed by atoms with Gasteiger partial charge < -0.3 is 10.1 Å². The molecule has 5 heteroatoms. The summed E-state index contributed by atoms with van der Waals surface area (Å²) in [5.41, 5.74) is 1.17. The Balaban J connectivity index is 1.71. The third-order valence-electron chi connectivity index (χ3n) is 4.25. The second kappa shape index (κ2) is 7.65. The van der Waals surface area contributed by atoms with Crippen LogP contribution in [0.5, 0.6) is 5.75 Å². The van der Waals surface area contributed by atoms with E-state index >= 15 is 0 Å². The standard InChI is InChI=1S/C18H18BrClFNO/c19-14-3-6-17(20)18(9-14)23-11-13-10-22-8-7-16(13)12-1-4-15(21)5-2-12/h1-6,9,13,16,22H,7-8,10-11H2/t13-,16-/m0/s1. The molecule has 2 nitrogen and oxygen atoms in total. The van der Waals surface area contributed by atoms with Crippen molar-refractivity contribution in [1.29, 1.82) is 0 Å². The molecule has 2 aromatic rings. The zero-order valence-corrected chi connectivity index (χ0v) is 14.9. The van der Waals surface area contributed by atoms with Crippen LogP contribution >= 0.6 is 27.5 Å². The fraction of sp³-hybridized carbons (Fsp3) is 0.333. The maximum atomic E-state index is 13.1. The zero-order valence-electron chi connectivity index (χ0n) is 12.6. The van der Waals surface area contributed by atoms with Crippen molar-refractivity contribution in [2.24, 2.45) is 5.92 Å². The molecule has 1 saturated heterocycles. The van der Waals surface area contributed by atoms with Crippen LogP contribution in [0.25, 0.3) is 0 Å². The van der Waals surface area contributed by atoms with Gasteiger partial charge in [-0.3, -0.25) is 0 Å². The Labute approximate surface area is 149 Å². The molecule has 1 N–H and O–H groups in total. The predicted molar refractivity (Wildman–Crippen MR) is 94.8 cm³/mol. The quantitative estimate of drug-likeness (QED) is 0.781. The summed E-state index contributed by atoms with van der Waals surface area (Å²) in [6.45, 7) is 2.43. The van der Waals surface area contributed by atoms with Crippen LogP contribution in [-0.2, 0) is 0 Å². The van der Waals surface area contributed by atoms with Gasteiger partial charge >= 0.3 is 0 Å². The van der Waals surface area contributed by atoms with Gasteiger partial charge in [0.25, 0.3) is 0 Å². The molecule has 0 bridgehead atoms. The second-order valence-corrected chi connectivity index (χ2v) is 7.12. The number of benzene rings is 2. The SMILES string of the molecule is Fc1ccc([C@@H]2CCNC[C@H]2COc2cc(Br)ccc2Cl)cc1. The highest BCUT2D eigenvalue weighted by atomic mass is 79.9. The van der Waals surface area contributed by atoms with Crippen LogP contribution in [0.1, 0.15) is 17.9 Å². The van der Waals surface area contributed by atoms with E-state index < -0.39 is 0 Å². The van der Waals surface area contributed by atoms with Gasteiger partial charge in [0.15, 0.2) is 0 Å². The second-order valence-electron chi connectivity index (χ2n) is 5.80. The predicted octanol–water partition coefficient (Wildman–Crippen LogP) is 5.01. The van der Waals surface area contributed by atoms with Gasteiger partial charge in [-0.2, -0.15) is 0 Å². The molecule has 122 valence electrons. The summed E-state index contributed by atoms with van der Waals surface area (Å²) in [6.07, 6.45) is 1.02. The molecule has 1 fully saturated rings. The third-order valence-corrected chi connectivity index (χ3v) is 5.06. The summed E-state index contributed by atoms with van der Waals surface area (Å²) < 4.78 is 20.0. The minimum atomic E-state index is -0.198. The van der Waals surface area contributed by atoms with E-state index in [1.165, 1.54) is 17.7 Å². The number of ether oxygens (including phenoxy) is 1. The number of rotatable bonds is 4. The van der Waals surface area contributed by atoms with Crippen LogP contribution in [0.15, 0.2) is 46.9 Å². The molecular formula is C18H18BrClFNO. The largest absolute Gasteiger partial charge is 0.492 e. The van der Waals surface area contributed by atoms with Crippen molar-refractivity contribution in [3.05, 3.63) is 63.3 Å². The summed E-state index contributed by atoms with van der Waals surface area (Å²) in [5, 5.41) is 4.02. The van der Waals surface area contributed by atoms with E-state index in [4.69, 9.17) is 16.3 Å². The molecule has 1 aliphatic heterocycles. The Morgan fingerprint density at radius 1 is 1.22 bits per heavy atom. The number of hydrogen-bond acceptors (Lipinski definition) is 2. The fourth-order valence-electron chi connectivity index (χ4n) is 3.03. The Hall–Kier alpha value is -1.10. The van der Waals surface area contributed by atoms with Crippen molar-refractivity contribution in [2.75, 3.05) is 19.7 Å². The Morgan fingerprint density at radius 3 is 2.78 bits per heavy atom. The first-order valence-corrected chi connectivity index (χ1v) is 8.84. The third kappa shape index (κ3) is 4.25. The van der Waals surface area contributed by atoms with Crippen molar-refractivity contribution < 1.29 is 9.13 Å². The van der Waals surface area contributed by atoms with Gasteiger partial charge in [-0.15, -0.1) is 0 Å². The summed E-state index contributed by atoms with van der Waals surface area (Å²) in [7, 11) is 0. The number of halogens is 3. The summed E-state index contributed by atoms with van der Waals surface area (Å²) >= 11 is 9.61. The molecule has 2 atom stereocenters. The van der Waals surface area contributed by atoms with Gasteiger partial charge in [-0.25, -0.2) is 4.39 Å². The topological polar surface area (TPSA) is 21.3 Å². The molecule has 2 aromatic carbocycles. The van der Waals surface area contributed by atoms with Gasteiger partial charge in [0, 0.05) is 16.9 Å². The number of piperidine rings is 1. The highest BCUT2D eigenvalue weighted by molar-refractivity contribution is 9.10. The van der Waals surface area contributed by atoms with E-state index in [0.29, 0.717) is 29.2 Å². The van der Waals surface area contributed by atoms with Crippen LogP contribution in [-0.4, -0.2) is 19.7 Å². The van der Waals surface area contributed by atoms with Crippen LogP contribution in [0.2, 0.25) is 5.02 Å². The lowest BCUT2D eigenvalue weighted by Crippen LogP contribution is -2.38. The highest BCUT2D eigenvalue weighted by Crippen LogP contribution is 2.33. The molecule has 0 aromatic heterocycles. The number of hydrogen-bond donors (Lipinski definition) is 1. The summed E-state index contributed by atoms with van der Waals surface area (Å²) in [6, 6.07) is 12.4. The first kappa shape index (κ1) is 16.7. The zero-order chi connectivity index (χ0) is 16.2. The van der Waals surface area contributed by atoms with E-state index in [1.54, 1.807) is 0 Å². The van der Waals surface area contributed by atoms with E-state index in [0.717, 1.165) is 24.0 Å². The Kier molecular flexibility index (Phi) is 5.57. The lowest BCUT2D eigenvalue weighted by molar-refractivity contribution is 0.197. The van der Waals surface area contributed by atoms with Gasteiger partial charge in [0.1, 0.15) is 11.6 Å². The molecule has 0 aliphatic carbocycles. The summed E-state index contributed by atoms with van der Waals surface area (Å²) in [4.78, 5) is 0. The van der Waals surface area contributed by atoms with E-state index in [9.17, 15) is 4.39 Å².